The Balaban J connectivity index is -0.0000000800. The van der Waals surface area contributed by atoms with Crippen LogP contribution >= 0.6 is 12.4 Å². The normalized spacial score (nSPS) is 8.44. The van der Waals surface area contributed by atoms with Gasteiger partial charge in [-0.2, -0.15) is 8.42 Å². The first-order chi connectivity index (χ1) is 3.41. The Bertz CT molecular complexity index is 113. The van der Waals surface area contributed by atoms with Gasteiger partial charge in [-0.05, 0) is 0 Å². The fourth-order valence-corrected chi connectivity index (χ4v) is 0. The van der Waals surface area contributed by atoms with Crippen molar-refractivity contribution in [3.63, 3.8) is 0 Å². The van der Waals surface area contributed by atoms with Crippen molar-refractivity contribution in [1.82, 2.24) is 0 Å². The second kappa shape index (κ2) is 9.00. The van der Waals surface area contributed by atoms with Crippen LogP contribution in [0.2, 0.25) is 9.88 Å². The summed E-state index contributed by atoms with van der Waals surface area (Å²) in [5.74, 6) is 0. The van der Waals surface area contributed by atoms with E-state index in [4.69, 9.17) is 4.55 Å². The molecule has 1 N–H and O–H groups in total. The van der Waals surface area contributed by atoms with Gasteiger partial charge in [0.25, 0.3) is 10.1 Å². The Labute approximate surface area is 72.6 Å². The molecule has 3 nitrogen and oxygen atoms in total. The van der Waals surface area contributed by atoms with Crippen molar-refractivity contribution in [1.29, 1.82) is 0 Å². The van der Waals surface area contributed by atoms with E-state index in [0.717, 1.165) is 0 Å². The first-order valence-electron chi connectivity index (χ1n) is 1.92. The first-order valence-corrected chi connectivity index (χ1v) is 9.48. The van der Waals surface area contributed by atoms with E-state index in [-0.39, 0.29) is 33.5 Å². The summed E-state index contributed by atoms with van der Waals surface area (Å²) in [6.45, 7) is 0. The zero-order valence-corrected chi connectivity index (χ0v) is 10.1. The van der Waals surface area contributed by atoms with Gasteiger partial charge < -0.3 is 0 Å². The molecule has 0 aliphatic rings. The second-order valence-corrected chi connectivity index (χ2v) is 5.55. The molecule has 0 heterocycles. The molecule has 0 amide bonds. The third-order valence-corrected chi connectivity index (χ3v) is 0. The molecule has 0 aromatic carbocycles. The number of hydrogen-bond acceptors (Lipinski definition) is 2. The summed E-state index contributed by atoms with van der Waals surface area (Å²) >= 11 is 0.230. The standard InChI is InChI=1S/CH4O3S.2CH3.ClH.Sn/c1-5(2,3)4;;;;/h1H3,(H,2,3,4);2*1H3;1H;. The fraction of sp³-hybridized carbons (Fsp3) is 1.00. The Morgan fingerprint density at radius 2 is 1.33 bits per heavy atom. The van der Waals surface area contributed by atoms with E-state index >= 15 is 0 Å². The summed E-state index contributed by atoms with van der Waals surface area (Å²) < 4.78 is 25.9. The molecule has 0 spiro atoms. The van der Waals surface area contributed by atoms with Crippen molar-refractivity contribution < 1.29 is 13.0 Å². The molecule has 0 bridgehead atoms. The van der Waals surface area contributed by atoms with Crippen molar-refractivity contribution in [3.8, 4) is 0 Å². The van der Waals surface area contributed by atoms with Crippen LogP contribution in [0.25, 0.3) is 0 Å². The molecule has 0 unspecified atom stereocenters. The van der Waals surface area contributed by atoms with Gasteiger partial charge in [-0.15, -0.1) is 12.4 Å². The predicted octanol–water partition coefficient (Wildman–Crippen LogP) is 0.713. The maximum absolute atomic E-state index is 9.19. The van der Waals surface area contributed by atoms with Gasteiger partial charge in [-0.25, -0.2) is 0 Å². The molecule has 0 fully saturated rings. The SMILES string of the molecule is CS(=O)(=O)O.Cl.[CH3][Sn][CH3]. The molecule has 0 aromatic heterocycles. The molecule has 0 aromatic rings. The predicted molar refractivity (Wildman–Crippen MR) is 42.2 cm³/mol. The van der Waals surface area contributed by atoms with E-state index in [2.05, 4.69) is 9.88 Å². The molecule has 0 aliphatic carbocycles. The third kappa shape index (κ3) is 442. The van der Waals surface area contributed by atoms with Gasteiger partial charge >= 0.3 is 31.0 Å². The van der Waals surface area contributed by atoms with Gasteiger partial charge in [0.15, 0.2) is 0 Å². The van der Waals surface area contributed by atoms with E-state index in [9.17, 15) is 8.42 Å². The van der Waals surface area contributed by atoms with Crippen LogP contribution in [0, 0.1) is 0 Å². The zero-order chi connectivity index (χ0) is 7.21. The Kier molecular flexibility index (Phi) is 16.5. The minimum absolute atomic E-state index is 0. The summed E-state index contributed by atoms with van der Waals surface area (Å²) in [7, 11) is -3.67. The van der Waals surface area contributed by atoms with Gasteiger partial charge in [0.05, 0.1) is 6.26 Å². The molecule has 0 saturated heterocycles. The van der Waals surface area contributed by atoms with Crippen LogP contribution in [0.4, 0.5) is 0 Å². The van der Waals surface area contributed by atoms with Crippen molar-refractivity contribution in [2.24, 2.45) is 0 Å². The average Bonchev–Trinajstić information content (AvgIpc) is 1.27. The van der Waals surface area contributed by atoms with Crippen LogP contribution < -0.4 is 0 Å². The first kappa shape index (κ1) is 16.5. The van der Waals surface area contributed by atoms with Crippen molar-refractivity contribution in [2.45, 2.75) is 9.88 Å². The van der Waals surface area contributed by atoms with Gasteiger partial charge in [-0.3, -0.25) is 4.55 Å². The second-order valence-electron chi connectivity index (χ2n) is 1.23. The molecular weight excluding hydrogens is 270 g/mol. The summed E-state index contributed by atoms with van der Waals surface area (Å²) in [5, 5.41) is 0. The summed E-state index contributed by atoms with van der Waals surface area (Å²) in [6, 6.07) is 0. The third-order valence-electron chi connectivity index (χ3n) is 0. The van der Waals surface area contributed by atoms with E-state index in [0.29, 0.717) is 6.26 Å². The average molecular weight is 281 g/mol. The van der Waals surface area contributed by atoms with Crippen LogP contribution in [0.3, 0.4) is 0 Å². The van der Waals surface area contributed by atoms with Gasteiger partial charge in [0, 0.05) is 0 Å². The monoisotopic (exact) mass is 282 g/mol. The minimum atomic E-state index is -3.67. The van der Waals surface area contributed by atoms with Crippen LogP contribution in [0.15, 0.2) is 0 Å². The summed E-state index contributed by atoms with van der Waals surface area (Å²) in [5.41, 5.74) is 0. The number of halogens is 1. The van der Waals surface area contributed by atoms with Gasteiger partial charge in [0.2, 0.25) is 0 Å². The summed E-state index contributed by atoms with van der Waals surface area (Å²) in [4.78, 5) is 4.59. The Hall–Kier alpha value is 0.999. The van der Waals surface area contributed by atoms with Crippen molar-refractivity contribution >= 4 is 43.7 Å². The molecule has 0 atom stereocenters. The van der Waals surface area contributed by atoms with Crippen LogP contribution in [0.1, 0.15) is 0 Å². The molecular formula is C3H11ClO3SSn. The quantitative estimate of drug-likeness (QED) is 0.525. The van der Waals surface area contributed by atoms with Crippen molar-refractivity contribution in [3.05, 3.63) is 0 Å². The molecule has 0 aliphatic heterocycles. The van der Waals surface area contributed by atoms with E-state index in [1.165, 1.54) is 0 Å². The van der Waals surface area contributed by atoms with E-state index < -0.39 is 10.1 Å². The Morgan fingerprint density at radius 3 is 1.33 bits per heavy atom. The zero-order valence-electron chi connectivity index (χ0n) is 5.58. The molecule has 9 heavy (non-hydrogen) atoms. The fourth-order valence-electron chi connectivity index (χ4n) is 0. The molecule has 6 heteroatoms. The summed E-state index contributed by atoms with van der Waals surface area (Å²) in [6.07, 6.45) is 0.715. The number of rotatable bonds is 0. The van der Waals surface area contributed by atoms with Crippen LogP contribution in [0.5, 0.6) is 0 Å². The number of hydrogen-bond donors (Lipinski definition) is 1. The van der Waals surface area contributed by atoms with E-state index in [1.807, 2.05) is 0 Å². The molecule has 0 saturated carbocycles. The van der Waals surface area contributed by atoms with Crippen LogP contribution in [-0.2, 0) is 10.1 Å². The molecule has 0 rings (SSSR count). The maximum atomic E-state index is 9.19. The molecule has 2 radical (unpaired) electrons. The van der Waals surface area contributed by atoms with E-state index in [1.54, 1.807) is 0 Å². The van der Waals surface area contributed by atoms with Gasteiger partial charge in [-0.1, -0.05) is 0 Å². The van der Waals surface area contributed by atoms with Crippen molar-refractivity contribution in [2.75, 3.05) is 6.26 Å². The van der Waals surface area contributed by atoms with Crippen LogP contribution in [-0.4, -0.2) is 40.4 Å². The van der Waals surface area contributed by atoms with Gasteiger partial charge in [0.1, 0.15) is 0 Å². The topological polar surface area (TPSA) is 54.4 Å². The Morgan fingerprint density at radius 1 is 1.33 bits per heavy atom. The molecule has 58 valence electrons.